The van der Waals surface area contributed by atoms with Gasteiger partial charge in [-0.25, -0.2) is 9.37 Å². The van der Waals surface area contributed by atoms with E-state index in [2.05, 4.69) is 27.5 Å². The summed E-state index contributed by atoms with van der Waals surface area (Å²) in [5.41, 5.74) is 1.95. The third kappa shape index (κ3) is 5.89. The van der Waals surface area contributed by atoms with Gasteiger partial charge in [0, 0.05) is 18.5 Å². The molecule has 126 valence electrons. The zero-order valence-corrected chi connectivity index (χ0v) is 17.0. The van der Waals surface area contributed by atoms with Gasteiger partial charge in [-0.05, 0) is 31.5 Å². The zero-order chi connectivity index (χ0) is 16.1. The van der Waals surface area contributed by atoms with Crippen molar-refractivity contribution >= 4 is 52.9 Å². The van der Waals surface area contributed by atoms with E-state index in [0.29, 0.717) is 19.0 Å². The van der Waals surface area contributed by atoms with Crippen LogP contribution in [-0.2, 0) is 13.1 Å². The molecule has 0 unspecified atom stereocenters. The standard InChI is InChI=1S/C15H18ClFN4S.HI/c1-9-10(2)22-14(21-9)8-20-15(18-3)19-7-11-4-5-13(17)12(16)6-11;/h4-6H,7-8H2,1-3H3,(H2,18,19,20);1H. The van der Waals surface area contributed by atoms with Gasteiger partial charge in [0.25, 0.3) is 0 Å². The third-order valence-electron chi connectivity index (χ3n) is 3.15. The lowest BCUT2D eigenvalue weighted by atomic mass is 10.2. The Labute approximate surface area is 161 Å². The van der Waals surface area contributed by atoms with Crippen LogP contribution in [0.15, 0.2) is 23.2 Å². The summed E-state index contributed by atoms with van der Waals surface area (Å²) in [6.45, 7) is 5.18. The Morgan fingerprint density at radius 3 is 2.57 bits per heavy atom. The summed E-state index contributed by atoms with van der Waals surface area (Å²) in [5.74, 6) is 0.244. The summed E-state index contributed by atoms with van der Waals surface area (Å²) < 4.78 is 13.1. The van der Waals surface area contributed by atoms with E-state index in [1.165, 1.54) is 10.9 Å². The van der Waals surface area contributed by atoms with Crippen molar-refractivity contribution < 1.29 is 4.39 Å². The molecule has 1 aromatic heterocycles. The number of halogens is 3. The highest BCUT2D eigenvalue weighted by atomic mass is 127. The second kappa shape index (κ2) is 9.39. The van der Waals surface area contributed by atoms with Crippen LogP contribution in [-0.4, -0.2) is 18.0 Å². The summed E-state index contributed by atoms with van der Waals surface area (Å²) >= 11 is 7.44. The number of nitrogens with zero attached hydrogens (tertiary/aromatic N) is 2. The topological polar surface area (TPSA) is 49.3 Å². The summed E-state index contributed by atoms with van der Waals surface area (Å²) in [6, 6.07) is 4.65. The first-order chi connectivity index (χ1) is 10.5. The molecule has 0 aliphatic carbocycles. The highest BCUT2D eigenvalue weighted by Gasteiger charge is 2.05. The highest BCUT2D eigenvalue weighted by Crippen LogP contribution is 2.16. The number of aromatic nitrogens is 1. The zero-order valence-electron chi connectivity index (χ0n) is 13.1. The van der Waals surface area contributed by atoms with E-state index in [0.717, 1.165) is 16.3 Å². The fourth-order valence-corrected chi connectivity index (χ4v) is 2.91. The summed E-state index contributed by atoms with van der Waals surface area (Å²) in [7, 11) is 1.70. The van der Waals surface area contributed by atoms with Crippen molar-refractivity contribution in [3.63, 3.8) is 0 Å². The molecule has 2 rings (SSSR count). The molecule has 0 aliphatic rings. The maximum Gasteiger partial charge on any atom is 0.191 e. The van der Waals surface area contributed by atoms with E-state index in [1.807, 2.05) is 6.92 Å². The van der Waals surface area contributed by atoms with Crippen LogP contribution in [0.4, 0.5) is 4.39 Å². The molecule has 8 heteroatoms. The Hall–Kier alpha value is -0.930. The van der Waals surface area contributed by atoms with E-state index in [9.17, 15) is 4.39 Å². The van der Waals surface area contributed by atoms with Crippen molar-refractivity contribution in [1.29, 1.82) is 0 Å². The highest BCUT2D eigenvalue weighted by molar-refractivity contribution is 14.0. The van der Waals surface area contributed by atoms with E-state index >= 15 is 0 Å². The van der Waals surface area contributed by atoms with Gasteiger partial charge in [0.15, 0.2) is 5.96 Å². The van der Waals surface area contributed by atoms with Gasteiger partial charge in [-0.15, -0.1) is 35.3 Å². The Balaban J connectivity index is 0.00000264. The predicted molar refractivity (Wildman–Crippen MR) is 105 cm³/mol. The number of benzene rings is 1. The number of guanidine groups is 1. The van der Waals surface area contributed by atoms with Crippen LogP contribution in [0.5, 0.6) is 0 Å². The van der Waals surface area contributed by atoms with Gasteiger partial charge in [-0.3, -0.25) is 4.99 Å². The summed E-state index contributed by atoms with van der Waals surface area (Å²) in [4.78, 5) is 9.84. The van der Waals surface area contributed by atoms with E-state index < -0.39 is 5.82 Å². The SMILES string of the molecule is CN=C(NCc1ccc(F)c(Cl)c1)NCc1nc(C)c(C)s1.I. The fourth-order valence-electron chi connectivity index (χ4n) is 1.83. The van der Waals surface area contributed by atoms with E-state index in [4.69, 9.17) is 11.6 Å². The molecule has 0 saturated carbocycles. The van der Waals surface area contributed by atoms with Crippen LogP contribution in [0.2, 0.25) is 5.02 Å². The van der Waals surface area contributed by atoms with Gasteiger partial charge in [-0.1, -0.05) is 17.7 Å². The monoisotopic (exact) mass is 468 g/mol. The molecule has 2 N–H and O–H groups in total. The van der Waals surface area contributed by atoms with Gasteiger partial charge in [0.2, 0.25) is 0 Å². The Kier molecular flexibility index (Phi) is 8.21. The van der Waals surface area contributed by atoms with Gasteiger partial charge in [0.1, 0.15) is 10.8 Å². The summed E-state index contributed by atoms with van der Waals surface area (Å²) in [5, 5.41) is 7.50. The number of aryl methyl sites for hydroxylation is 2. The molecule has 0 saturated heterocycles. The number of aliphatic imine (C=N–C) groups is 1. The minimum absolute atomic E-state index is 0. The number of hydrogen-bond donors (Lipinski definition) is 2. The molecule has 4 nitrogen and oxygen atoms in total. The second-order valence-corrected chi connectivity index (χ2v) is 6.47. The van der Waals surface area contributed by atoms with Crippen LogP contribution >= 0.6 is 46.9 Å². The van der Waals surface area contributed by atoms with Crippen molar-refractivity contribution in [1.82, 2.24) is 15.6 Å². The van der Waals surface area contributed by atoms with Crippen LogP contribution in [0.3, 0.4) is 0 Å². The molecule has 0 fully saturated rings. The lowest BCUT2D eigenvalue weighted by molar-refractivity contribution is 0.627. The number of nitrogens with one attached hydrogen (secondary N) is 2. The lowest BCUT2D eigenvalue weighted by Crippen LogP contribution is -2.36. The fraction of sp³-hybridized carbons (Fsp3) is 0.333. The molecular weight excluding hydrogens is 450 g/mol. The minimum atomic E-state index is -0.414. The molecule has 2 aromatic rings. The van der Waals surface area contributed by atoms with E-state index in [1.54, 1.807) is 30.5 Å². The molecule has 1 aromatic carbocycles. The maximum atomic E-state index is 13.1. The van der Waals surface area contributed by atoms with Crippen LogP contribution in [0, 0.1) is 19.7 Å². The molecule has 1 heterocycles. The number of rotatable bonds is 4. The molecule has 0 spiro atoms. The third-order valence-corrected chi connectivity index (χ3v) is 4.51. The molecule has 0 bridgehead atoms. The van der Waals surface area contributed by atoms with Crippen LogP contribution < -0.4 is 10.6 Å². The van der Waals surface area contributed by atoms with Crippen molar-refractivity contribution in [2.45, 2.75) is 26.9 Å². The molecule has 0 amide bonds. The van der Waals surface area contributed by atoms with Gasteiger partial charge in [-0.2, -0.15) is 0 Å². The quantitative estimate of drug-likeness (QED) is 0.405. The minimum Gasteiger partial charge on any atom is -0.352 e. The predicted octanol–water partition coefficient (Wildman–Crippen LogP) is 4.04. The van der Waals surface area contributed by atoms with E-state index in [-0.39, 0.29) is 29.0 Å². The molecule has 0 aliphatic heterocycles. The largest absolute Gasteiger partial charge is 0.352 e. The van der Waals surface area contributed by atoms with Crippen molar-refractivity contribution in [3.05, 3.63) is 50.2 Å². The maximum absolute atomic E-state index is 13.1. The van der Waals surface area contributed by atoms with Crippen LogP contribution in [0.25, 0.3) is 0 Å². The molecular formula is C15H19ClFIN4S. The smallest absolute Gasteiger partial charge is 0.191 e. The van der Waals surface area contributed by atoms with Crippen molar-refractivity contribution in [2.75, 3.05) is 7.05 Å². The average Bonchev–Trinajstić information content (AvgIpc) is 2.81. The van der Waals surface area contributed by atoms with Crippen LogP contribution in [0.1, 0.15) is 21.1 Å². The first kappa shape index (κ1) is 20.1. The first-order valence-corrected chi connectivity index (χ1v) is 8.00. The first-order valence-electron chi connectivity index (χ1n) is 6.81. The Morgan fingerprint density at radius 2 is 2.00 bits per heavy atom. The van der Waals surface area contributed by atoms with Crippen molar-refractivity contribution in [3.8, 4) is 0 Å². The normalized spacial score (nSPS) is 11.1. The van der Waals surface area contributed by atoms with Gasteiger partial charge < -0.3 is 10.6 Å². The summed E-state index contributed by atoms with van der Waals surface area (Å²) in [6.07, 6.45) is 0. The van der Waals surface area contributed by atoms with Gasteiger partial charge >= 0.3 is 0 Å². The number of thiazole rings is 1. The van der Waals surface area contributed by atoms with Gasteiger partial charge in [0.05, 0.1) is 17.3 Å². The number of hydrogen-bond acceptors (Lipinski definition) is 3. The Bertz CT molecular complexity index is 671. The Morgan fingerprint density at radius 1 is 1.30 bits per heavy atom. The second-order valence-electron chi connectivity index (χ2n) is 4.78. The average molecular weight is 469 g/mol. The molecule has 0 radical (unpaired) electrons. The lowest BCUT2D eigenvalue weighted by Gasteiger charge is -2.11. The molecule has 23 heavy (non-hydrogen) atoms. The molecule has 0 atom stereocenters. The van der Waals surface area contributed by atoms with Crippen molar-refractivity contribution in [2.24, 2.45) is 4.99 Å².